The smallest absolute Gasteiger partial charge is 0.251 e. The highest BCUT2D eigenvalue weighted by Crippen LogP contribution is 2.10. The molecule has 5 nitrogen and oxygen atoms in total. The van der Waals surface area contributed by atoms with E-state index in [1.807, 2.05) is 6.92 Å². The van der Waals surface area contributed by atoms with E-state index >= 15 is 0 Å². The molecule has 116 valence electrons. The molecule has 6 heteroatoms. The van der Waals surface area contributed by atoms with Crippen molar-refractivity contribution in [3.8, 4) is 0 Å². The van der Waals surface area contributed by atoms with E-state index in [9.17, 15) is 14.7 Å². The number of amides is 2. The number of rotatable bonds is 7. The lowest BCUT2D eigenvalue weighted by molar-refractivity contribution is -0.121. The Labute approximate surface area is 133 Å². The standard InChI is InChI=1S/C15H21BrN2O3/c1-3-8-15(2,21)10-18-13(19)9-17-14(20)11-4-6-12(16)7-5-11/h4-7,21H,3,8-10H2,1-2H3,(H,17,20)(H,18,19). The summed E-state index contributed by atoms with van der Waals surface area (Å²) >= 11 is 3.29. The minimum atomic E-state index is -0.917. The van der Waals surface area contributed by atoms with Crippen LogP contribution in [0.2, 0.25) is 0 Å². The molecule has 2 amide bonds. The summed E-state index contributed by atoms with van der Waals surface area (Å²) < 4.78 is 0.884. The lowest BCUT2D eigenvalue weighted by Crippen LogP contribution is -2.44. The molecule has 1 aromatic carbocycles. The maximum Gasteiger partial charge on any atom is 0.251 e. The third-order valence-electron chi connectivity index (χ3n) is 2.97. The van der Waals surface area contributed by atoms with Crippen molar-refractivity contribution in [3.63, 3.8) is 0 Å². The van der Waals surface area contributed by atoms with Crippen LogP contribution in [0.1, 0.15) is 37.0 Å². The molecule has 0 saturated carbocycles. The molecule has 0 aromatic heterocycles. The number of hydrogen-bond acceptors (Lipinski definition) is 3. The first-order valence-corrected chi connectivity index (χ1v) is 7.66. The van der Waals surface area contributed by atoms with Crippen LogP contribution in [0.5, 0.6) is 0 Å². The third kappa shape index (κ3) is 6.73. The van der Waals surface area contributed by atoms with E-state index in [-0.39, 0.29) is 24.9 Å². The predicted molar refractivity (Wildman–Crippen MR) is 85.0 cm³/mol. The quantitative estimate of drug-likeness (QED) is 0.697. The van der Waals surface area contributed by atoms with E-state index in [1.165, 1.54) is 0 Å². The van der Waals surface area contributed by atoms with Crippen molar-refractivity contribution >= 4 is 27.7 Å². The summed E-state index contributed by atoms with van der Waals surface area (Å²) in [5.74, 6) is -0.630. The molecule has 0 bridgehead atoms. The maximum atomic E-state index is 11.8. The van der Waals surface area contributed by atoms with Crippen LogP contribution in [0.15, 0.2) is 28.7 Å². The number of hydrogen-bond donors (Lipinski definition) is 3. The molecule has 0 fully saturated rings. The summed E-state index contributed by atoms with van der Waals surface area (Å²) in [7, 11) is 0. The number of aliphatic hydroxyl groups is 1. The molecular weight excluding hydrogens is 336 g/mol. The topological polar surface area (TPSA) is 78.4 Å². The monoisotopic (exact) mass is 356 g/mol. The lowest BCUT2D eigenvalue weighted by Gasteiger charge is -2.22. The zero-order chi connectivity index (χ0) is 15.9. The molecule has 0 radical (unpaired) electrons. The minimum absolute atomic E-state index is 0.114. The summed E-state index contributed by atoms with van der Waals surface area (Å²) in [6.07, 6.45) is 1.45. The highest BCUT2D eigenvalue weighted by Gasteiger charge is 2.19. The van der Waals surface area contributed by atoms with Gasteiger partial charge >= 0.3 is 0 Å². The van der Waals surface area contributed by atoms with Gasteiger partial charge in [0.1, 0.15) is 0 Å². The average molecular weight is 357 g/mol. The Morgan fingerprint density at radius 1 is 1.24 bits per heavy atom. The second kappa shape index (κ2) is 8.14. The second-order valence-electron chi connectivity index (χ2n) is 5.21. The molecule has 0 saturated heterocycles. The number of carbonyl (C=O) groups is 2. The molecule has 0 aliphatic heterocycles. The Hall–Kier alpha value is -1.40. The summed E-state index contributed by atoms with van der Waals surface area (Å²) in [4.78, 5) is 23.4. The Morgan fingerprint density at radius 3 is 2.43 bits per heavy atom. The van der Waals surface area contributed by atoms with Crippen molar-refractivity contribution in [1.29, 1.82) is 0 Å². The van der Waals surface area contributed by atoms with Crippen LogP contribution < -0.4 is 10.6 Å². The van der Waals surface area contributed by atoms with E-state index in [0.717, 1.165) is 10.9 Å². The van der Waals surface area contributed by atoms with E-state index in [2.05, 4.69) is 26.6 Å². The average Bonchev–Trinajstić information content (AvgIpc) is 2.43. The fraction of sp³-hybridized carbons (Fsp3) is 0.467. The van der Waals surface area contributed by atoms with Crippen molar-refractivity contribution in [3.05, 3.63) is 34.3 Å². The first-order chi connectivity index (χ1) is 9.84. The molecule has 0 aliphatic rings. The molecular formula is C15H21BrN2O3. The first kappa shape index (κ1) is 17.7. The zero-order valence-electron chi connectivity index (χ0n) is 12.3. The van der Waals surface area contributed by atoms with Gasteiger partial charge in [0.2, 0.25) is 5.91 Å². The fourth-order valence-corrected chi connectivity index (χ4v) is 2.11. The van der Waals surface area contributed by atoms with Crippen molar-refractivity contribution in [2.75, 3.05) is 13.1 Å². The van der Waals surface area contributed by atoms with Gasteiger partial charge in [-0.15, -0.1) is 0 Å². The van der Waals surface area contributed by atoms with E-state index in [4.69, 9.17) is 0 Å². The highest BCUT2D eigenvalue weighted by molar-refractivity contribution is 9.10. The predicted octanol–water partition coefficient (Wildman–Crippen LogP) is 1.85. The Kier molecular flexibility index (Phi) is 6.84. The molecule has 0 aliphatic carbocycles. The molecule has 0 heterocycles. The van der Waals surface area contributed by atoms with E-state index in [0.29, 0.717) is 12.0 Å². The van der Waals surface area contributed by atoms with Crippen LogP contribution in [0, 0.1) is 0 Å². The van der Waals surface area contributed by atoms with Crippen LogP contribution in [0.25, 0.3) is 0 Å². The Bertz CT molecular complexity index is 486. The van der Waals surface area contributed by atoms with Crippen molar-refractivity contribution in [2.24, 2.45) is 0 Å². The van der Waals surface area contributed by atoms with E-state index in [1.54, 1.807) is 31.2 Å². The van der Waals surface area contributed by atoms with Gasteiger partial charge in [-0.1, -0.05) is 29.3 Å². The van der Waals surface area contributed by atoms with Crippen LogP contribution in [0.4, 0.5) is 0 Å². The number of nitrogens with one attached hydrogen (secondary N) is 2. The molecule has 0 spiro atoms. The van der Waals surface area contributed by atoms with Crippen LogP contribution >= 0.6 is 15.9 Å². The Balaban J connectivity index is 2.36. The SMILES string of the molecule is CCCC(C)(O)CNC(=O)CNC(=O)c1ccc(Br)cc1. The zero-order valence-corrected chi connectivity index (χ0v) is 13.9. The molecule has 1 atom stereocenters. The van der Waals surface area contributed by atoms with Crippen LogP contribution in [0.3, 0.4) is 0 Å². The minimum Gasteiger partial charge on any atom is -0.388 e. The summed E-state index contributed by atoms with van der Waals surface area (Å²) in [6.45, 7) is 3.71. The third-order valence-corrected chi connectivity index (χ3v) is 3.50. The summed E-state index contributed by atoms with van der Waals surface area (Å²) in [5.41, 5.74) is -0.427. The van der Waals surface area contributed by atoms with Gasteiger partial charge in [-0.05, 0) is 37.6 Å². The second-order valence-corrected chi connectivity index (χ2v) is 6.13. The number of benzene rings is 1. The summed E-state index contributed by atoms with van der Waals surface area (Å²) in [6, 6.07) is 6.86. The van der Waals surface area contributed by atoms with Crippen LogP contribution in [-0.2, 0) is 4.79 Å². The Morgan fingerprint density at radius 2 is 1.86 bits per heavy atom. The molecule has 1 rings (SSSR count). The first-order valence-electron chi connectivity index (χ1n) is 6.87. The highest BCUT2D eigenvalue weighted by atomic mass is 79.9. The van der Waals surface area contributed by atoms with Gasteiger partial charge in [0, 0.05) is 16.6 Å². The normalized spacial score (nSPS) is 13.3. The van der Waals surface area contributed by atoms with Gasteiger partial charge < -0.3 is 15.7 Å². The molecule has 21 heavy (non-hydrogen) atoms. The molecule has 3 N–H and O–H groups in total. The van der Waals surface area contributed by atoms with Gasteiger partial charge in [0.15, 0.2) is 0 Å². The van der Waals surface area contributed by atoms with Gasteiger partial charge in [-0.25, -0.2) is 0 Å². The van der Waals surface area contributed by atoms with Crippen molar-refractivity contribution in [2.45, 2.75) is 32.3 Å². The van der Waals surface area contributed by atoms with Crippen molar-refractivity contribution in [1.82, 2.24) is 10.6 Å². The number of carbonyl (C=O) groups excluding carboxylic acids is 2. The van der Waals surface area contributed by atoms with Crippen molar-refractivity contribution < 1.29 is 14.7 Å². The lowest BCUT2D eigenvalue weighted by atomic mass is 10.0. The van der Waals surface area contributed by atoms with Gasteiger partial charge in [0.25, 0.3) is 5.91 Å². The number of halogens is 1. The van der Waals surface area contributed by atoms with Gasteiger partial charge in [-0.2, -0.15) is 0 Å². The molecule has 1 aromatic rings. The maximum absolute atomic E-state index is 11.8. The van der Waals surface area contributed by atoms with E-state index < -0.39 is 5.60 Å². The fourth-order valence-electron chi connectivity index (χ4n) is 1.84. The molecule has 1 unspecified atom stereocenters. The van der Waals surface area contributed by atoms with Gasteiger partial charge in [0.05, 0.1) is 12.1 Å². The van der Waals surface area contributed by atoms with Gasteiger partial charge in [-0.3, -0.25) is 9.59 Å². The summed E-state index contributed by atoms with van der Waals surface area (Å²) in [5, 5.41) is 15.1. The van der Waals surface area contributed by atoms with Crippen LogP contribution in [-0.4, -0.2) is 35.6 Å². The largest absolute Gasteiger partial charge is 0.388 e.